The number of halogens is 2. The van der Waals surface area contributed by atoms with E-state index in [2.05, 4.69) is 5.32 Å². The molecule has 1 aliphatic carbocycles. The van der Waals surface area contributed by atoms with Gasteiger partial charge in [-0.25, -0.2) is 8.78 Å². The average molecular weight is 240 g/mol. The van der Waals surface area contributed by atoms with Crippen molar-refractivity contribution in [2.75, 3.05) is 5.73 Å². The monoisotopic (exact) mass is 240 g/mol. The number of anilines is 1. The molecule has 0 radical (unpaired) electrons. The Morgan fingerprint density at radius 3 is 2.47 bits per heavy atom. The first-order chi connectivity index (χ1) is 7.91. The van der Waals surface area contributed by atoms with Gasteiger partial charge in [0.2, 0.25) is 0 Å². The lowest BCUT2D eigenvalue weighted by molar-refractivity contribution is 0.0851. The molecular weight excluding hydrogens is 226 g/mol. The summed E-state index contributed by atoms with van der Waals surface area (Å²) < 4.78 is 25.9. The normalized spacial score (nSPS) is 17.4. The summed E-state index contributed by atoms with van der Waals surface area (Å²) >= 11 is 0. The molecule has 0 aliphatic heterocycles. The van der Waals surface area contributed by atoms with Gasteiger partial charge < -0.3 is 11.1 Å². The van der Waals surface area contributed by atoms with Crippen molar-refractivity contribution in [2.24, 2.45) is 0 Å². The van der Waals surface area contributed by atoms with Crippen molar-refractivity contribution in [2.45, 2.75) is 31.7 Å². The standard InChI is InChI=1S/C12H14F2N2O/c1-12(3-2-4-12)16-11(17)7-5-8(13)9(14)6-10(7)15/h5-6H,2-4,15H2,1H3,(H,16,17). The number of nitrogens with two attached hydrogens (primary N) is 1. The zero-order valence-electron chi connectivity index (χ0n) is 9.52. The Labute approximate surface area is 98.0 Å². The third-order valence-electron chi connectivity index (χ3n) is 3.21. The molecule has 0 bridgehead atoms. The van der Waals surface area contributed by atoms with Crippen molar-refractivity contribution in [3.63, 3.8) is 0 Å². The molecule has 0 unspecified atom stereocenters. The maximum absolute atomic E-state index is 13.0. The highest BCUT2D eigenvalue weighted by Gasteiger charge is 2.33. The van der Waals surface area contributed by atoms with E-state index in [0.717, 1.165) is 31.4 Å². The van der Waals surface area contributed by atoms with E-state index in [1.807, 2.05) is 6.92 Å². The summed E-state index contributed by atoms with van der Waals surface area (Å²) in [4.78, 5) is 11.9. The van der Waals surface area contributed by atoms with E-state index in [1.165, 1.54) is 0 Å². The minimum atomic E-state index is -1.07. The lowest BCUT2D eigenvalue weighted by atomic mass is 9.78. The van der Waals surface area contributed by atoms with Crippen LogP contribution in [0.5, 0.6) is 0 Å². The summed E-state index contributed by atoms with van der Waals surface area (Å²) in [6, 6.07) is 1.66. The smallest absolute Gasteiger partial charge is 0.253 e. The first-order valence-corrected chi connectivity index (χ1v) is 5.48. The summed E-state index contributed by atoms with van der Waals surface area (Å²) in [6.45, 7) is 1.92. The van der Waals surface area contributed by atoms with Gasteiger partial charge in [-0.15, -0.1) is 0 Å². The highest BCUT2D eigenvalue weighted by atomic mass is 19.2. The molecule has 3 nitrogen and oxygen atoms in total. The molecule has 17 heavy (non-hydrogen) atoms. The van der Waals surface area contributed by atoms with Crippen molar-refractivity contribution >= 4 is 11.6 Å². The molecule has 1 aromatic carbocycles. The van der Waals surface area contributed by atoms with Crippen molar-refractivity contribution < 1.29 is 13.6 Å². The minimum Gasteiger partial charge on any atom is -0.398 e. The van der Waals surface area contributed by atoms with Gasteiger partial charge in [0.1, 0.15) is 0 Å². The van der Waals surface area contributed by atoms with Gasteiger partial charge in [0.25, 0.3) is 5.91 Å². The second-order valence-electron chi connectivity index (χ2n) is 4.72. The molecule has 1 amide bonds. The molecule has 1 fully saturated rings. The van der Waals surface area contributed by atoms with E-state index in [4.69, 9.17) is 5.73 Å². The fourth-order valence-electron chi connectivity index (χ4n) is 1.93. The van der Waals surface area contributed by atoms with E-state index < -0.39 is 17.5 Å². The van der Waals surface area contributed by atoms with Crippen molar-refractivity contribution in [1.82, 2.24) is 5.32 Å². The molecular formula is C12H14F2N2O. The number of carbonyl (C=O) groups excluding carboxylic acids is 1. The summed E-state index contributed by atoms with van der Waals surface area (Å²) in [5, 5.41) is 2.79. The lowest BCUT2D eigenvalue weighted by Gasteiger charge is -2.39. The van der Waals surface area contributed by atoms with Crippen LogP contribution < -0.4 is 11.1 Å². The van der Waals surface area contributed by atoms with Gasteiger partial charge in [0, 0.05) is 17.3 Å². The lowest BCUT2D eigenvalue weighted by Crippen LogP contribution is -2.51. The van der Waals surface area contributed by atoms with E-state index in [-0.39, 0.29) is 16.8 Å². The molecule has 1 saturated carbocycles. The predicted molar refractivity (Wildman–Crippen MR) is 60.5 cm³/mol. The van der Waals surface area contributed by atoms with Gasteiger partial charge >= 0.3 is 0 Å². The zero-order chi connectivity index (χ0) is 12.6. The Morgan fingerprint density at radius 1 is 1.35 bits per heavy atom. The Morgan fingerprint density at radius 2 is 1.94 bits per heavy atom. The Bertz CT molecular complexity index is 470. The SMILES string of the molecule is CC1(NC(=O)c2cc(F)c(F)cc2N)CCC1. The van der Waals surface area contributed by atoms with Crippen LogP contribution in [0.3, 0.4) is 0 Å². The zero-order valence-corrected chi connectivity index (χ0v) is 9.52. The third-order valence-corrected chi connectivity index (χ3v) is 3.21. The van der Waals surface area contributed by atoms with E-state index in [9.17, 15) is 13.6 Å². The summed E-state index contributed by atoms with van der Waals surface area (Å²) in [6.07, 6.45) is 2.84. The van der Waals surface area contributed by atoms with Gasteiger partial charge in [0.15, 0.2) is 11.6 Å². The Balaban J connectivity index is 2.22. The number of hydrogen-bond acceptors (Lipinski definition) is 2. The summed E-state index contributed by atoms with van der Waals surface area (Å²) in [7, 11) is 0. The minimum absolute atomic E-state index is 0.0166. The number of benzene rings is 1. The molecule has 1 aliphatic rings. The van der Waals surface area contributed by atoms with Crippen LogP contribution in [0, 0.1) is 11.6 Å². The topological polar surface area (TPSA) is 55.1 Å². The van der Waals surface area contributed by atoms with Gasteiger partial charge in [-0.1, -0.05) is 0 Å². The Hall–Kier alpha value is -1.65. The number of amides is 1. The fraction of sp³-hybridized carbons (Fsp3) is 0.417. The first-order valence-electron chi connectivity index (χ1n) is 5.48. The van der Waals surface area contributed by atoms with Crippen LogP contribution in [0.2, 0.25) is 0 Å². The van der Waals surface area contributed by atoms with E-state index >= 15 is 0 Å². The number of nitrogen functional groups attached to an aromatic ring is 1. The molecule has 5 heteroatoms. The molecule has 0 spiro atoms. The summed E-state index contributed by atoms with van der Waals surface area (Å²) in [5.74, 6) is -2.57. The van der Waals surface area contributed by atoms with Crippen molar-refractivity contribution in [3.05, 3.63) is 29.3 Å². The van der Waals surface area contributed by atoms with Crippen LogP contribution in [-0.2, 0) is 0 Å². The van der Waals surface area contributed by atoms with Gasteiger partial charge in [0.05, 0.1) is 5.56 Å². The highest BCUT2D eigenvalue weighted by Crippen LogP contribution is 2.31. The molecule has 0 aromatic heterocycles. The fourth-order valence-corrected chi connectivity index (χ4v) is 1.93. The van der Waals surface area contributed by atoms with Crippen molar-refractivity contribution in [3.8, 4) is 0 Å². The number of rotatable bonds is 2. The maximum atomic E-state index is 13.0. The van der Waals surface area contributed by atoms with Gasteiger partial charge in [-0.2, -0.15) is 0 Å². The quantitative estimate of drug-likeness (QED) is 0.779. The van der Waals surface area contributed by atoms with Crippen LogP contribution >= 0.6 is 0 Å². The predicted octanol–water partition coefficient (Wildman–Crippen LogP) is 2.22. The molecule has 0 heterocycles. The summed E-state index contributed by atoms with van der Waals surface area (Å²) in [5.41, 5.74) is 5.19. The molecule has 3 N–H and O–H groups in total. The highest BCUT2D eigenvalue weighted by molar-refractivity contribution is 5.99. The molecule has 0 atom stereocenters. The first kappa shape index (κ1) is 11.8. The maximum Gasteiger partial charge on any atom is 0.253 e. The number of carbonyl (C=O) groups is 1. The Kier molecular flexibility index (Phi) is 2.77. The number of nitrogens with one attached hydrogen (secondary N) is 1. The van der Waals surface area contributed by atoms with Crippen LogP contribution in [-0.4, -0.2) is 11.4 Å². The molecule has 0 saturated heterocycles. The van der Waals surface area contributed by atoms with Crippen molar-refractivity contribution in [1.29, 1.82) is 0 Å². The largest absolute Gasteiger partial charge is 0.398 e. The van der Waals surface area contributed by atoms with Crippen LogP contribution in [0.4, 0.5) is 14.5 Å². The second kappa shape index (κ2) is 3.98. The third kappa shape index (κ3) is 2.23. The van der Waals surface area contributed by atoms with Crippen LogP contribution in [0.1, 0.15) is 36.5 Å². The van der Waals surface area contributed by atoms with Gasteiger partial charge in [-0.3, -0.25) is 4.79 Å². The second-order valence-corrected chi connectivity index (χ2v) is 4.72. The average Bonchev–Trinajstić information content (AvgIpc) is 2.21. The van der Waals surface area contributed by atoms with E-state index in [0.29, 0.717) is 0 Å². The van der Waals surface area contributed by atoms with Crippen LogP contribution in [0.25, 0.3) is 0 Å². The van der Waals surface area contributed by atoms with E-state index in [1.54, 1.807) is 0 Å². The number of hydrogen-bond donors (Lipinski definition) is 2. The molecule has 92 valence electrons. The molecule has 1 aromatic rings. The molecule has 2 rings (SSSR count). The van der Waals surface area contributed by atoms with Crippen LogP contribution in [0.15, 0.2) is 12.1 Å². The van der Waals surface area contributed by atoms with Gasteiger partial charge in [-0.05, 0) is 32.3 Å².